The van der Waals surface area contributed by atoms with Crippen molar-refractivity contribution in [1.29, 1.82) is 0 Å². The molecule has 1 aromatic heterocycles. The molecule has 0 aliphatic heterocycles. The van der Waals surface area contributed by atoms with E-state index < -0.39 is 0 Å². The maximum atomic E-state index is 9.12. The van der Waals surface area contributed by atoms with Crippen LogP contribution in [0.25, 0.3) is 0 Å². The third kappa shape index (κ3) is 3.60. The van der Waals surface area contributed by atoms with Gasteiger partial charge in [0.2, 0.25) is 0 Å². The fourth-order valence-electron chi connectivity index (χ4n) is 1.99. The van der Waals surface area contributed by atoms with Gasteiger partial charge in [0.15, 0.2) is 0 Å². The molecular formula is C14H19N3O. The molecule has 18 heavy (non-hydrogen) atoms. The van der Waals surface area contributed by atoms with Gasteiger partial charge in [0.25, 0.3) is 0 Å². The lowest BCUT2D eigenvalue weighted by Crippen LogP contribution is -2.28. The quantitative estimate of drug-likeness (QED) is 0.808. The first-order valence-corrected chi connectivity index (χ1v) is 6.27. The molecule has 1 N–H and O–H groups in total. The zero-order chi connectivity index (χ0) is 12.6. The van der Waals surface area contributed by atoms with E-state index in [1.165, 1.54) is 0 Å². The van der Waals surface area contributed by atoms with Crippen LogP contribution in [0.3, 0.4) is 0 Å². The molecule has 96 valence electrons. The Balaban J connectivity index is 1.87. The van der Waals surface area contributed by atoms with Gasteiger partial charge in [-0.25, -0.2) is 4.98 Å². The monoisotopic (exact) mass is 245 g/mol. The summed E-state index contributed by atoms with van der Waals surface area (Å²) < 4.78 is 2.07. The third-order valence-corrected chi connectivity index (χ3v) is 2.89. The van der Waals surface area contributed by atoms with Crippen LogP contribution < -0.4 is 4.90 Å². The summed E-state index contributed by atoms with van der Waals surface area (Å²) in [6.07, 6.45) is 6.63. The highest BCUT2D eigenvalue weighted by molar-refractivity contribution is 5.45. The number of anilines is 1. The molecule has 2 rings (SSSR count). The lowest BCUT2D eigenvalue weighted by molar-refractivity contribution is 0.301. The minimum absolute atomic E-state index is 0.181. The summed E-state index contributed by atoms with van der Waals surface area (Å²) >= 11 is 0. The van der Waals surface area contributed by atoms with Crippen LogP contribution in [0.1, 0.15) is 6.42 Å². The van der Waals surface area contributed by atoms with Crippen LogP contribution in [0.5, 0.6) is 0 Å². The van der Waals surface area contributed by atoms with Gasteiger partial charge in [0.1, 0.15) is 0 Å². The Labute approximate surface area is 108 Å². The summed E-state index contributed by atoms with van der Waals surface area (Å²) in [4.78, 5) is 6.23. The number of imidazole rings is 1. The highest BCUT2D eigenvalue weighted by Gasteiger charge is 2.04. The average molecular weight is 245 g/mol. The number of hydrogen-bond acceptors (Lipinski definition) is 3. The molecule has 0 amide bonds. The molecular weight excluding hydrogens is 226 g/mol. The maximum absolute atomic E-state index is 9.12. The molecule has 0 atom stereocenters. The first kappa shape index (κ1) is 12.6. The average Bonchev–Trinajstić information content (AvgIpc) is 2.92. The predicted molar refractivity (Wildman–Crippen MR) is 72.6 cm³/mol. The summed E-state index contributed by atoms with van der Waals surface area (Å²) in [5.41, 5.74) is 1.16. The first-order chi connectivity index (χ1) is 8.90. The van der Waals surface area contributed by atoms with Crippen molar-refractivity contribution in [3.63, 3.8) is 0 Å². The van der Waals surface area contributed by atoms with Gasteiger partial charge in [0.05, 0.1) is 12.9 Å². The zero-order valence-electron chi connectivity index (χ0n) is 10.4. The van der Waals surface area contributed by atoms with E-state index >= 15 is 0 Å². The largest absolute Gasteiger partial charge is 0.395 e. The highest BCUT2D eigenvalue weighted by atomic mass is 16.3. The molecule has 0 saturated carbocycles. The van der Waals surface area contributed by atoms with Gasteiger partial charge in [-0.1, -0.05) is 18.2 Å². The van der Waals surface area contributed by atoms with Crippen molar-refractivity contribution >= 4 is 5.69 Å². The van der Waals surface area contributed by atoms with Crippen molar-refractivity contribution < 1.29 is 5.11 Å². The van der Waals surface area contributed by atoms with E-state index in [0.717, 1.165) is 25.2 Å². The number of rotatable bonds is 7. The van der Waals surface area contributed by atoms with Crippen LogP contribution in [0, 0.1) is 0 Å². The second-order valence-corrected chi connectivity index (χ2v) is 4.20. The molecule has 0 bridgehead atoms. The lowest BCUT2D eigenvalue weighted by atomic mass is 10.2. The summed E-state index contributed by atoms with van der Waals surface area (Å²) in [5, 5.41) is 9.12. The number of para-hydroxylation sites is 1. The Bertz CT molecular complexity index is 428. The molecule has 0 unspecified atom stereocenters. The topological polar surface area (TPSA) is 41.3 Å². The van der Waals surface area contributed by atoms with Gasteiger partial charge in [0, 0.05) is 37.7 Å². The van der Waals surface area contributed by atoms with Crippen LogP contribution in [-0.2, 0) is 6.54 Å². The summed E-state index contributed by atoms with van der Waals surface area (Å²) in [5.74, 6) is 0. The number of aromatic nitrogens is 2. The Hall–Kier alpha value is -1.81. The van der Waals surface area contributed by atoms with Crippen molar-refractivity contribution in [1.82, 2.24) is 9.55 Å². The van der Waals surface area contributed by atoms with Gasteiger partial charge in [-0.3, -0.25) is 0 Å². The summed E-state index contributed by atoms with van der Waals surface area (Å²) in [7, 11) is 0. The fourth-order valence-corrected chi connectivity index (χ4v) is 1.99. The van der Waals surface area contributed by atoms with Crippen LogP contribution >= 0.6 is 0 Å². The molecule has 0 aliphatic rings. The van der Waals surface area contributed by atoms with Crippen molar-refractivity contribution in [3.8, 4) is 0 Å². The number of aryl methyl sites for hydroxylation is 1. The second-order valence-electron chi connectivity index (χ2n) is 4.20. The minimum atomic E-state index is 0.181. The molecule has 4 heteroatoms. The number of hydrogen-bond donors (Lipinski definition) is 1. The summed E-state index contributed by atoms with van der Waals surface area (Å²) in [6.45, 7) is 2.74. The number of benzene rings is 1. The number of aliphatic hydroxyl groups excluding tert-OH is 1. The second kappa shape index (κ2) is 6.81. The van der Waals surface area contributed by atoms with Crippen molar-refractivity contribution in [2.24, 2.45) is 0 Å². The minimum Gasteiger partial charge on any atom is -0.395 e. The maximum Gasteiger partial charge on any atom is 0.0945 e. The molecule has 0 fully saturated rings. The van der Waals surface area contributed by atoms with E-state index in [4.69, 9.17) is 5.11 Å². The van der Waals surface area contributed by atoms with E-state index in [0.29, 0.717) is 6.54 Å². The standard InChI is InChI=1S/C14H19N3O/c18-12-11-17(14-5-2-1-3-6-14)9-4-8-16-10-7-15-13-16/h1-3,5-7,10,13,18H,4,8-9,11-12H2. The molecule has 0 spiro atoms. The van der Waals surface area contributed by atoms with Crippen LogP contribution in [0.2, 0.25) is 0 Å². The zero-order valence-corrected chi connectivity index (χ0v) is 10.4. The van der Waals surface area contributed by atoms with Crippen molar-refractivity contribution in [2.45, 2.75) is 13.0 Å². The molecule has 1 aromatic carbocycles. The van der Waals surface area contributed by atoms with Gasteiger partial charge in [-0.05, 0) is 18.6 Å². The van der Waals surface area contributed by atoms with Crippen LogP contribution in [-0.4, -0.2) is 34.4 Å². The Morgan fingerprint density at radius 2 is 2.00 bits per heavy atom. The van der Waals surface area contributed by atoms with E-state index in [1.807, 2.05) is 30.7 Å². The van der Waals surface area contributed by atoms with Gasteiger partial charge < -0.3 is 14.6 Å². The van der Waals surface area contributed by atoms with Gasteiger partial charge in [-0.15, -0.1) is 0 Å². The van der Waals surface area contributed by atoms with Gasteiger partial charge in [-0.2, -0.15) is 0 Å². The molecule has 0 saturated heterocycles. The van der Waals surface area contributed by atoms with Crippen LogP contribution in [0.4, 0.5) is 5.69 Å². The van der Waals surface area contributed by atoms with Crippen molar-refractivity contribution in [2.75, 3.05) is 24.6 Å². The molecule has 2 aromatic rings. The lowest BCUT2D eigenvalue weighted by Gasteiger charge is -2.23. The highest BCUT2D eigenvalue weighted by Crippen LogP contribution is 2.13. The van der Waals surface area contributed by atoms with Crippen molar-refractivity contribution in [3.05, 3.63) is 49.1 Å². The van der Waals surface area contributed by atoms with E-state index in [2.05, 4.69) is 26.6 Å². The van der Waals surface area contributed by atoms with E-state index in [1.54, 1.807) is 6.20 Å². The Kier molecular flexibility index (Phi) is 4.78. The number of nitrogens with zero attached hydrogens (tertiary/aromatic N) is 3. The Morgan fingerprint density at radius 3 is 2.67 bits per heavy atom. The third-order valence-electron chi connectivity index (χ3n) is 2.89. The SMILES string of the molecule is OCCN(CCCn1ccnc1)c1ccccc1. The molecule has 4 nitrogen and oxygen atoms in total. The molecule has 1 heterocycles. The van der Waals surface area contributed by atoms with E-state index in [-0.39, 0.29) is 6.61 Å². The normalized spacial score (nSPS) is 10.5. The smallest absolute Gasteiger partial charge is 0.0945 e. The predicted octanol–water partition coefficient (Wildman–Crippen LogP) is 1.77. The Morgan fingerprint density at radius 1 is 1.17 bits per heavy atom. The molecule has 0 radical (unpaired) electrons. The first-order valence-electron chi connectivity index (χ1n) is 6.27. The molecule has 0 aliphatic carbocycles. The fraction of sp³-hybridized carbons (Fsp3) is 0.357. The number of aliphatic hydroxyl groups is 1. The van der Waals surface area contributed by atoms with E-state index in [9.17, 15) is 0 Å². The summed E-state index contributed by atoms with van der Waals surface area (Å²) in [6, 6.07) is 10.2. The van der Waals surface area contributed by atoms with Crippen LogP contribution in [0.15, 0.2) is 49.1 Å². The van der Waals surface area contributed by atoms with Gasteiger partial charge >= 0.3 is 0 Å².